The molecule has 4 aromatic rings. The third-order valence-corrected chi connectivity index (χ3v) is 6.75. The van der Waals surface area contributed by atoms with E-state index in [1.165, 1.54) is 11.1 Å². The molecule has 2 aromatic carbocycles. The number of aromatic nitrogens is 2. The molecular formula is C28H31N7O. The van der Waals surface area contributed by atoms with E-state index in [-0.39, 0.29) is 0 Å². The molecule has 3 N–H and O–H groups in total. The van der Waals surface area contributed by atoms with Gasteiger partial charge in [-0.1, -0.05) is 36.4 Å². The second-order valence-corrected chi connectivity index (χ2v) is 9.25. The molecule has 2 aromatic heterocycles. The summed E-state index contributed by atoms with van der Waals surface area (Å²) in [6.45, 7) is 7.37. The molecule has 36 heavy (non-hydrogen) atoms. The van der Waals surface area contributed by atoms with Crippen LogP contribution in [-0.2, 0) is 17.8 Å². The Bertz CT molecular complexity index is 1320. The fourth-order valence-electron chi connectivity index (χ4n) is 4.70. The largest absolute Gasteiger partial charge is 0.379 e. The van der Waals surface area contributed by atoms with Crippen molar-refractivity contribution in [3.05, 3.63) is 84.1 Å². The number of pyridine rings is 2. The SMILES string of the molecule is c1cnc2ccc(CN3NNc4ccc(-c5ccc(CNCCN6CCOCC6)cc5)nc43)cc2c1. The van der Waals surface area contributed by atoms with E-state index in [0.717, 1.165) is 79.6 Å². The fraction of sp³-hybridized carbons (Fsp3) is 0.286. The predicted molar refractivity (Wildman–Crippen MR) is 143 cm³/mol. The second kappa shape index (κ2) is 10.6. The van der Waals surface area contributed by atoms with Gasteiger partial charge in [0.05, 0.1) is 36.7 Å². The molecule has 0 radical (unpaired) electrons. The van der Waals surface area contributed by atoms with Crippen LogP contribution in [0, 0.1) is 0 Å². The van der Waals surface area contributed by atoms with Gasteiger partial charge in [-0.15, -0.1) is 5.53 Å². The van der Waals surface area contributed by atoms with E-state index in [9.17, 15) is 0 Å². The van der Waals surface area contributed by atoms with Gasteiger partial charge in [-0.3, -0.25) is 14.9 Å². The van der Waals surface area contributed by atoms with Gasteiger partial charge >= 0.3 is 0 Å². The van der Waals surface area contributed by atoms with E-state index < -0.39 is 0 Å². The molecule has 0 bridgehead atoms. The first-order valence-electron chi connectivity index (χ1n) is 12.6. The van der Waals surface area contributed by atoms with Crippen LogP contribution in [0.1, 0.15) is 11.1 Å². The molecule has 8 nitrogen and oxygen atoms in total. The Kier molecular flexibility index (Phi) is 6.73. The van der Waals surface area contributed by atoms with Gasteiger partial charge in [-0.25, -0.2) is 4.98 Å². The molecule has 2 aliphatic rings. The molecule has 0 atom stereocenters. The van der Waals surface area contributed by atoms with E-state index in [1.54, 1.807) is 0 Å². The third-order valence-electron chi connectivity index (χ3n) is 6.75. The van der Waals surface area contributed by atoms with Crippen molar-refractivity contribution in [2.45, 2.75) is 13.1 Å². The minimum atomic E-state index is 0.691. The number of fused-ring (bicyclic) bond motifs is 2. The van der Waals surface area contributed by atoms with Crippen LogP contribution in [0.3, 0.4) is 0 Å². The van der Waals surface area contributed by atoms with Crippen molar-refractivity contribution >= 4 is 22.4 Å². The molecule has 6 rings (SSSR count). The van der Waals surface area contributed by atoms with Crippen molar-refractivity contribution < 1.29 is 4.74 Å². The highest BCUT2D eigenvalue weighted by Crippen LogP contribution is 2.31. The van der Waals surface area contributed by atoms with Crippen molar-refractivity contribution in [2.75, 3.05) is 49.8 Å². The third kappa shape index (κ3) is 5.17. The molecule has 1 fully saturated rings. The van der Waals surface area contributed by atoms with Crippen LogP contribution >= 0.6 is 0 Å². The standard InChI is InChI=1S/C28H31N7O/c1-2-24-18-22(5-8-25(24)30-11-1)20-35-28-27(32-33-35)10-9-26(31-28)23-6-3-21(4-7-23)19-29-12-13-34-14-16-36-17-15-34/h1-11,18,29,32-33H,12-17,19-20H2. The van der Waals surface area contributed by atoms with E-state index in [4.69, 9.17) is 9.72 Å². The maximum atomic E-state index is 5.42. The molecule has 4 heterocycles. The van der Waals surface area contributed by atoms with Gasteiger partial charge in [0.1, 0.15) is 0 Å². The molecule has 8 heteroatoms. The van der Waals surface area contributed by atoms with E-state index in [1.807, 2.05) is 17.3 Å². The van der Waals surface area contributed by atoms with Gasteiger partial charge in [-0.05, 0) is 41.5 Å². The number of hydrogen-bond acceptors (Lipinski definition) is 8. The van der Waals surface area contributed by atoms with Gasteiger partial charge in [0.2, 0.25) is 0 Å². The van der Waals surface area contributed by atoms with Crippen LogP contribution in [0.25, 0.3) is 22.2 Å². The van der Waals surface area contributed by atoms with Crippen molar-refractivity contribution in [2.24, 2.45) is 0 Å². The lowest BCUT2D eigenvalue weighted by molar-refractivity contribution is 0.0384. The first kappa shape index (κ1) is 22.9. The van der Waals surface area contributed by atoms with Crippen molar-refractivity contribution in [3.8, 4) is 11.3 Å². The Morgan fingerprint density at radius 1 is 0.944 bits per heavy atom. The quantitative estimate of drug-likeness (QED) is 0.330. The van der Waals surface area contributed by atoms with Crippen LogP contribution in [0.4, 0.5) is 11.5 Å². The molecular weight excluding hydrogens is 450 g/mol. The van der Waals surface area contributed by atoms with Gasteiger partial charge < -0.3 is 15.5 Å². The first-order valence-corrected chi connectivity index (χ1v) is 12.6. The highest BCUT2D eigenvalue weighted by Gasteiger charge is 2.21. The number of hydrazine groups is 2. The Labute approximate surface area is 211 Å². The van der Waals surface area contributed by atoms with Crippen LogP contribution in [0.15, 0.2) is 72.9 Å². The summed E-state index contributed by atoms with van der Waals surface area (Å²) in [4.78, 5) is 11.8. The zero-order chi connectivity index (χ0) is 24.2. The summed E-state index contributed by atoms with van der Waals surface area (Å²) in [7, 11) is 0. The Hall–Kier alpha value is -3.56. The summed E-state index contributed by atoms with van der Waals surface area (Å²) in [5, 5.41) is 6.74. The van der Waals surface area contributed by atoms with Gasteiger partial charge in [-0.2, -0.15) is 0 Å². The topological polar surface area (TPSA) is 77.6 Å². The molecule has 0 amide bonds. The van der Waals surface area contributed by atoms with Crippen LogP contribution in [-0.4, -0.2) is 54.3 Å². The molecule has 0 spiro atoms. The summed E-state index contributed by atoms with van der Waals surface area (Å²) in [5.41, 5.74) is 13.0. The lowest BCUT2D eigenvalue weighted by Crippen LogP contribution is -2.40. The lowest BCUT2D eigenvalue weighted by Gasteiger charge is -2.26. The highest BCUT2D eigenvalue weighted by molar-refractivity contribution is 5.79. The van der Waals surface area contributed by atoms with Gasteiger partial charge in [0, 0.05) is 49.9 Å². The van der Waals surface area contributed by atoms with E-state index >= 15 is 0 Å². The highest BCUT2D eigenvalue weighted by atomic mass is 16.5. The maximum Gasteiger partial charge on any atom is 0.170 e. The first-order chi connectivity index (χ1) is 17.8. The summed E-state index contributed by atoms with van der Waals surface area (Å²) in [6, 6.07) is 23.3. The summed E-state index contributed by atoms with van der Waals surface area (Å²) in [6.07, 6.45) is 1.82. The average Bonchev–Trinajstić information content (AvgIpc) is 3.34. The lowest BCUT2D eigenvalue weighted by atomic mass is 10.1. The van der Waals surface area contributed by atoms with Gasteiger partial charge in [0.15, 0.2) is 5.82 Å². The fourth-order valence-corrected chi connectivity index (χ4v) is 4.70. The summed E-state index contributed by atoms with van der Waals surface area (Å²) >= 11 is 0. The van der Waals surface area contributed by atoms with Crippen LogP contribution in [0.5, 0.6) is 0 Å². The van der Waals surface area contributed by atoms with Crippen molar-refractivity contribution in [3.63, 3.8) is 0 Å². The van der Waals surface area contributed by atoms with Crippen molar-refractivity contribution in [1.82, 2.24) is 25.7 Å². The number of benzene rings is 2. The summed E-state index contributed by atoms with van der Waals surface area (Å²) < 4.78 is 5.42. The number of rotatable bonds is 8. The van der Waals surface area contributed by atoms with E-state index in [2.05, 4.69) is 86.8 Å². The zero-order valence-electron chi connectivity index (χ0n) is 20.3. The normalized spacial score (nSPS) is 15.7. The number of morpholine rings is 1. The average molecular weight is 482 g/mol. The number of anilines is 2. The molecule has 0 unspecified atom stereocenters. The minimum absolute atomic E-state index is 0.691. The number of hydrogen-bond donors (Lipinski definition) is 3. The zero-order valence-corrected chi connectivity index (χ0v) is 20.3. The second-order valence-electron chi connectivity index (χ2n) is 9.25. The predicted octanol–water partition coefficient (Wildman–Crippen LogP) is 3.57. The molecule has 1 saturated heterocycles. The van der Waals surface area contributed by atoms with Gasteiger partial charge in [0.25, 0.3) is 0 Å². The van der Waals surface area contributed by atoms with Crippen molar-refractivity contribution in [1.29, 1.82) is 0 Å². The smallest absolute Gasteiger partial charge is 0.170 e. The Morgan fingerprint density at radius 3 is 2.69 bits per heavy atom. The summed E-state index contributed by atoms with van der Waals surface area (Å²) in [5.74, 6) is 0.896. The number of nitrogens with one attached hydrogen (secondary N) is 3. The van der Waals surface area contributed by atoms with Crippen LogP contribution < -0.4 is 21.3 Å². The number of ether oxygens (including phenoxy) is 1. The van der Waals surface area contributed by atoms with E-state index in [0.29, 0.717) is 6.54 Å². The maximum absolute atomic E-state index is 5.42. The molecule has 2 aliphatic heterocycles. The molecule has 0 saturated carbocycles. The number of nitrogens with zero attached hydrogens (tertiary/aromatic N) is 4. The Balaban J connectivity index is 1.09. The molecule has 184 valence electrons. The van der Waals surface area contributed by atoms with Crippen LogP contribution in [0.2, 0.25) is 0 Å². The Morgan fingerprint density at radius 2 is 1.81 bits per heavy atom. The molecule has 0 aliphatic carbocycles. The minimum Gasteiger partial charge on any atom is -0.379 e. The monoisotopic (exact) mass is 481 g/mol.